The van der Waals surface area contributed by atoms with Crippen LogP contribution in [0, 0.1) is 0 Å². The molecule has 0 saturated carbocycles. The molecule has 0 aromatic carbocycles. The van der Waals surface area contributed by atoms with Crippen molar-refractivity contribution in [2.24, 2.45) is 0 Å². The zero-order valence-corrected chi connectivity index (χ0v) is 24.4. The van der Waals surface area contributed by atoms with Crippen molar-refractivity contribution in [3.05, 3.63) is 33.9 Å². The van der Waals surface area contributed by atoms with Crippen LogP contribution >= 0.6 is 11.3 Å². The highest BCUT2D eigenvalue weighted by molar-refractivity contribution is 7.90. The van der Waals surface area contributed by atoms with Crippen molar-refractivity contribution in [3.8, 4) is 10.9 Å². The number of carbonyl (C=O) groups excluding carboxylic acids is 1. The Labute approximate surface area is 240 Å². The highest BCUT2D eigenvalue weighted by Gasteiger charge is 2.43. The molecule has 42 heavy (non-hydrogen) atoms. The molecular weight excluding hydrogens is 616 g/mol. The minimum absolute atomic E-state index is 0.0690. The third-order valence-electron chi connectivity index (χ3n) is 6.80. The van der Waals surface area contributed by atoms with Crippen LogP contribution in [0.25, 0.3) is 16.5 Å². The predicted octanol–water partition coefficient (Wildman–Crippen LogP) is 4.56. The zero-order chi connectivity index (χ0) is 31.4. The SMILES string of the molecule is CC1=C(F)C(c2sc(-c3nnc(C(C)(C)O)o3)nc2C(=O)N2CCC(F)(F)CC2)=CCC1S(=O)(=O)N[C@@H](C)C(F)(F)F. The van der Waals surface area contributed by atoms with Crippen LogP contribution in [0.4, 0.5) is 26.3 Å². The number of allylic oxidation sites excluding steroid dienone is 3. The molecule has 1 amide bonds. The maximum Gasteiger partial charge on any atom is 0.404 e. The highest BCUT2D eigenvalue weighted by atomic mass is 32.2. The lowest BCUT2D eigenvalue weighted by molar-refractivity contribution is -0.147. The molecular formula is C24H27F6N5O5S2. The molecule has 18 heteroatoms. The molecule has 1 aliphatic heterocycles. The summed E-state index contributed by atoms with van der Waals surface area (Å²) in [6.45, 7) is 3.87. The molecule has 1 fully saturated rings. The topological polar surface area (TPSA) is 139 Å². The molecule has 232 valence electrons. The van der Waals surface area contributed by atoms with Crippen LogP contribution in [-0.4, -0.2) is 76.0 Å². The Balaban J connectivity index is 1.73. The lowest BCUT2D eigenvalue weighted by Crippen LogP contribution is -2.47. The van der Waals surface area contributed by atoms with Crippen molar-refractivity contribution in [1.29, 1.82) is 0 Å². The minimum Gasteiger partial charge on any atom is -0.415 e. The summed E-state index contributed by atoms with van der Waals surface area (Å²) in [5, 5.41) is 16.0. The van der Waals surface area contributed by atoms with Gasteiger partial charge in [0.2, 0.25) is 15.9 Å². The number of piperidine rings is 1. The molecule has 2 aliphatic rings. The first kappa shape index (κ1) is 32.1. The third kappa shape index (κ3) is 6.55. The summed E-state index contributed by atoms with van der Waals surface area (Å²) in [6, 6.07) is -2.42. The maximum absolute atomic E-state index is 15.8. The van der Waals surface area contributed by atoms with E-state index in [4.69, 9.17) is 4.42 Å². The summed E-state index contributed by atoms with van der Waals surface area (Å²) in [7, 11) is -4.68. The van der Waals surface area contributed by atoms with Crippen molar-refractivity contribution >= 4 is 32.8 Å². The van der Waals surface area contributed by atoms with Crippen molar-refractivity contribution in [3.63, 3.8) is 0 Å². The van der Waals surface area contributed by atoms with Gasteiger partial charge in [-0.25, -0.2) is 31.3 Å². The van der Waals surface area contributed by atoms with Crippen LogP contribution in [0.5, 0.6) is 0 Å². The van der Waals surface area contributed by atoms with E-state index < -0.39 is 75.6 Å². The Kier molecular flexibility index (Phi) is 8.42. The second kappa shape index (κ2) is 11.0. The van der Waals surface area contributed by atoms with Crippen molar-refractivity contribution < 1.29 is 49.1 Å². The Bertz CT molecular complexity index is 1530. The molecule has 1 aliphatic carbocycles. The first-order chi connectivity index (χ1) is 19.2. The smallest absolute Gasteiger partial charge is 0.404 e. The van der Waals surface area contributed by atoms with Gasteiger partial charge in [0.25, 0.3) is 17.7 Å². The van der Waals surface area contributed by atoms with Crippen LogP contribution in [0.2, 0.25) is 0 Å². The number of hydrogen-bond acceptors (Lipinski definition) is 9. The van der Waals surface area contributed by atoms with Gasteiger partial charge in [0.05, 0.1) is 4.88 Å². The Morgan fingerprint density at radius 3 is 2.40 bits per heavy atom. The number of thiazole rings is 1. The van der Waals surface area contributed by atoms with E-state index >= 15 is 4.39 Å². The Hall–Kier alpha value is -2.83. The Morgan fingerprint density at radius 1 is 1.24 bits per heavy atom. The average Bonchev–Trinajstić information content (AvgIpc) is 3.52. The van der Waals surface area contributed by atoms with Gasteiger partial charge < -0.3 is 14.4 Å². The number of aliphatic hydroxyl groups is 1. The number of rotatable bonds is 7. The van der Waals surface area contributed by atoms with E-state index in [9.17, 15) is 40.3 Å². The molecule has 2 atom stereocenters. The molecule has 1 saturated heterocycles. The standard InChI is InChI=1S/C24H27F6N5O5S2/c1-11-14(42(38,39)34-12(2)24(28,29)30)6-5-13(15(11)25)17-16(20(36)35-9-7-23(26,27)8-10-35)31-19(41-17)18-32-33-21(40-18)22(3,4)37/h5,12,14,34,37H,6-10H2,1-4H3/t12-,14?/m0/s1. The molecule has 4 rings (SSSR count). The number of carbonyl (C=O) groups is 1. The monoisotopic (exact) mass is 643 g/mol. The Morgan fingerprint density at radius 2 is 1.86 bits per heavy atom. The summed E-state index contributed by atoms with van der Waals surface area (Å²) in [6.07, 6.45) is -5.37. The normalized spacial score (nSPS) is 21.0. The van der Waals surface area contributed by atoms with Gasteiger partial charge in [0.1, 0.15) is 28.4 Å². The molecule has 1 unspecified atom stereocenters. The highest BCUT2D eigenvalue weighted by Crippen LogP contribution is 2.42. The minimum atomic E-state index is -4.87. The molecule has 0 spiro atoms. The van der Waals surface area contributed by atoms with Gasteiger partial charge in [0.15, 0.2) is 5.01 Å². The van der Waals surface area contributed by atoms with E-state index in [1.165, 1.54) is 18.6 Å². The number of amides is 1. The second-order valence-corrected chi connectivity index (χ2v) is 13.5. The van der Waals surface area contributed by atoms with Crippen molar-refractivity contribution in [1.82, 2.24) is 24.8 Å². The number of likely N-dealkylation sites (tertiary alicyclic amines) is 1. The van der Waals surface area contributed by atoms with Crippen molar-refractivity contribution in [2.45, 2.75) is 75.9 Å². The molecule has 3 heterocycles. The fourth-order valence-electron chi connectivity index (χ4n) is 4.27. The predicted molar refractivity (Wildman–Crippen MR) is 138 cm³/mol. The molecule has 0 bridgehead atoms. The van der Waals surface area contributed by atoms with Crippen molar-refractivity contribution in [2.75, 3.05) is 13.1 Å². The van der Waals surface area contributed by atoms with Crippen LogP contribution in [0.3, 0.4) is 0 Å². The van der Waals surface area contributed by atoms with Crippen LogP contribution < -0.4 is 4.72 Å². The fraction of sp³-hybridized carbons (Fsp3) is 0.583. The average molecular weight is 644 g/mol. The van der Waals surface area contributed by atoms with E-state index in [1.807, 2.05) is 0 Å². The number of alkyl halides is 5. The largest absolute Gasteiger partial charge is 0.415 e. The van der Waals surface area contributed by atoms with Gasteiger partial charge in [-0.05, 0) is 39.7 Å². The number of sulfonamides is 1. The molecule has 0 radical (unpaired) electrons. The van der Waals surface area contributed by atoms with Crippen LogP contribution in [-0.2, 0) is 15.6 Å². The first-order valence-electron chi connectivity index (χ1n) is 12.6. The lowest BCUT2D eigenvalue weighted by atomic mass is 9.96. The number of aromatic nitrogens is 3. The molecule has 2 aromatic heterocycles. The summed E-state index contributed by atoms with van der Waals surface area (Å²) in [4.78, 5) is 18.7. The van der Waals surface area contributed by atoms with E-state index in [0.717, 1.165) is 29.2 Å². The van der Waals surface area contributed by atoms with Gasteiger partial charge in [-0.15, -0.1) is 21.5 Å². The molecule has 2 N–H and O–H groups in total. The van der Waals surface area contributed by atoms with Gasteiger partial charge in [-0.3, -0.25) is 4.79 Å². The van der Waals surface area contributed by atoms with E-state index in [0.29, 0.717) is 6.92 Å². The summed E-state index contributed by atoms with van der Waals surface area (Å²) in [5.41, 5.74) is -2.52. The maximum atomic E-state index is 15.8. The number of nitrogens with zero attached hydrogens (tertiary/aromatic N) is 4. The van der Waals surface area contributed by atoms with Gasteiger partial charge >= 0.3 is 6.18 Å². The third-order valence-corrected chi connectivity index (χ3v) is 9.85. The second-order valence-electron chi connectivity index (χ2n) is 10.6. The number of nitrogens with one attached hydrogen (secondary N) is 1. The number of hydrogen-bond donors (Lipinski definition) is 2. The first-order valence-corrected chi connectivity index (χ1v) is 15.0. The summed E-state index contributed by atoms with van der Waals surface area (Å²) < 4.78 is 115. The summed E-state index contributed by atoms with van der Waals surface area (Å²) >= 11 is 0.723. The van der Waals surface area contributed by atoms with E-state index in [-0.39, 0.29) is 46.0 Å². The lowest BCUT2D eigenvalue weighted by Gasteiger charge is -2.31. The molecule has 2 aromatic rings. The van der Waals surface area contributed by atoms with Crippen LogP contribution in [0.1, 0.15) is 68.2 Å². The molecule has 10 nitrogen and oxygen atoms in total. The quantitative estimate of drug-likeness (QED) is 0.419. The van der Waals surface area contributed by atoms with Gasteiger partial charge in [0, 0.05) is 31.5 Å². The fourth-order valence-corrected chi connectivity index (χ4v) is 7.00. The van der Waals surface area contributed by atoms with Crippen LogP contribution in [0.15, 0.2) is 21.9 Å². The van der Waals surface area contributed by atoms with E-state index in [1.54, 1.807) is 0 Å². The zero-order valence-electron chi connectivity index (χ0n) is 22.7. The summed E-state index contributed by atoms with van der Waals surface area (Å²) in [5.74, 6) is -5.28. The van der Waals surface area contributed by atoms with Gasteiger partial charge in [-0.1, -0.05) is 6.08 Å². The van der Waals surface area contributed by atoms with Gasteiger partial charge in [-0.2, -0.15) is 13.2 Å². The van der Waals surface area contributed by atoms with E-state index in [2.05, 4.69) is 15.2 Å². The number of halogens is 6.